The van der Waals surface area contributed by atoms with E-state index in [9.17, 15) is 14.7 Å². The Morgan fingerprint density at radius 3 is 2.67 bits per heavy atom. The summed E-state index contributed by atoms with van der Waals surface area (Å²) in [4.78, 5) is 33.7. The van der Waals surface area contributed by atoms with Crippen LogP contribution in [-0.2, 0) is 16.1 Å². The number of aryl methyl sites for hydroxylation is 2. The molecule has 0 aliphatic carbocycles. The molecule has 2 aromatic heterocycles. The topological polar surface area (TPSA) is 121 Å². The zero-order valence-corrected chi connectivity index (χ0v) is 22.1. The number of carbonyl (C=O) groups is 2. The molecule has 0 saturated carbocycles. The van der Waals surface area contributed by atoms with Crippen LogP contribution >= 0.6 is 11.3 Å². The SMILES string of the molecule is CNc1cc(-c2scnc2C)ccc1CNC(=O)[C@@H]1C[C@@H](O)CN1C(=O)C(c1cc(C)no1)C(C)C. The lowest BCUT2D eigenvalue weighted by Gasteiger charge is -2.28. The van der Waals surface area contributed by atoms with Crippen molar-refractivity contribution in [1.82, 2.24) is 20.4 Å². The van der Waals surface area contributed by atoms with Crippen molar-refractivity contribution < 1.29 is 19.2 Å². The number of β-amino-alcohol motifs (C(OH)–C–C–N with tert-alkyl or cyclic N) is 1. The number of nitrogens with zero attached hydrogens (tertiary/aromatic N) is 3. The highest BCUT2D eigenvalue weighted by molar-refractivity contribution is 7.13. The van der Waals surface area contributed by atoms with Crippen LogP contribution in [0.5, 0.6) is 0 Å². The predicted molar refractivity (Wildman–Crippen MR) is 139 cm³/mol. The van der Waals surface area contributed by atoms with Gasteiger partial charge in [0, 0.05) is 38.3 Å². The zero-order chi connectivity index (χ0) is 26.0. The Morgan fingerprint density at radius 2 is 2.06 bits per heavy atom. The summed E-state index contributed by atoms with van der Waals surface area (Å²) in [5.41, 5.74) is 6.39. The molecule has 2 amide bonds. The van der Waals surface area contributed by atoms with Gasteiger partial charge in [0.2, 0.25) is 11.8 Å². The van der Waals surface area contributed by atoms with Crippen LogP contribution in [0.25, 0.3) is 10.4 Å². The first kappa shape index (κ1) is 25.8. The molecule has 1 aromatic carbocycles. The van der Waals surface area contributed by atoms with E-state index in [1.807, 2.05) is 51.5 Å². The molecule has 1 unspecified atom stereocenters. The third-order valence-electron chi connectivity index (χ3n) is 6.59. The number of aromatic nitrogens is 2. The van der Waals surface area contributed by atoms with Gasteiger partial charge in [-0.3, -0.25) is 9.59 Å². The van der Waals surface area contributed by atoms with Crippen LogP contribution in [0.1, 0.15) is 48.9 Å². The van der Waals surface area contributed by atoms with Crippen molar-refractivity contribution in [3.63, 3.8) is 0 Å². The van der Waals surface area contributed by atoms with E-state index < -0.39 is 18.1 Å². The number of aliphatic hydroxyl groups excluding tert-OH is 1. The second kappa shape index (κ2) is 10.8. The van der Waals surface area contributed by atoms with E-state index in [0.717, 1.165) is 27.4 Å². The summed E-state index contributed by atoms with van der Waals surface area (Å²) in [5.74, 6) is -0.697. The zero-order valence-electron chi connectivity index (χ0n) is 21.2. The minimum atomic E-state index is -0.760. The number of likely N-dealkylation sites (tertiary alicyclic amines) is 1. The molecule has 1 aliphatic rings. The van der Waals surface area contributed by atoms with E-state index in [4.69, 9.17) is 4.52 Å². The number of benzene rings is 1. The Labute approximate surface area is 214 Å². The highest BCUT2D eigenvalue weighted by Crippen LogP contribution is 2.32. The van der Waals surface area contributed by atoms with E-state index in [1.165, 1.54) is 4.90 Å². The largest absolute Gasteiger partial charge is 0.391 e. The van der Waals surface area contributed by atoms with Gasteiger partial charge in [-0.25, -0.2) is 4.98 Å². The van der Waals surface area contributed by atoms with E-state index in [2.05, 4.69) is 20.8 Å². The highest BCUT2D eigenvalue weighted by Gasteiger charge is 2.43. The molecule has 0 spiro atoms. The van der Waals surface area contributed by atoms with Crippen LogP contribution < -0.4 is 10.6 Å². The van der Waals surface area contributed by atoms with Gasteiger partial charge in [0.05, 0.1) is 27.9 Å². The maximum Gasteiger partial charge on any atom is 0.243 e. The Hall–Kier alpha value is -3.24. The van der Waals surface area contributed by atoms with Gasteiger partial charge in [-0.2, -0.15) is 0 Å². The third kappa shape index (κ3) is 5.29. The number of carbonyl (C=O) groups excluding carboxylic acids is 2. The van der Waals surface area contributed by atoms with Gasteiger partial charge in [-0.15, -0.1) is 11.3 Å². The van der Waals surface area contributed by atoms with Crippen molar-refractivity contribution in [3.05, 3.63) is 52.5 Å². The number of anilines is 1. The van der Waals surface area contributed by atoms with Gasteiger partial charge in [0.25, 0.3) is 0 Å². The molecule has 192 valence electrons. The quantitative estimate of drug-likeness (QED) is 0.423. The molecule has 10 heteroatoms. The molecule has 1 fully saturated rings. The summed E-state index contributed by atoms with van der Waals surface area (Å²) in [6.45, 7) is 8.04. The Bertz CT molecular complexity index is 1240. The van der Waals surface area contributed by atoms with Crippen LogP contribution in [0.4, 0.5) is 5.69 Å². The third-order valence-corrected chi connectivity index (χ3v) is 7.57. The fourth-order valence-corrected chi connectivity index (χ4v) is 5.54. The maximum atomic E-state index is 13.5. The van der Waals surface area contributed by atoms with Gasteiger partial charge in [0.1, 0.15) is 17.7 Å². The Morgan fingerprint density at radius 1 is 1.28 bits per heavy atom. The molecule has 0 radical (unpaired) electrons. The first-order chi connectivity index (χ1) is 17.2. The van der Waals surface area contributed by atoms with Crippen molar-refractivity contribution in [3.8, 4) is 10.4 Å². The summed E-state index contributed by atoms with van der Waals surface area (Å²) in [6, 6.07) is 7.04. The fraction of sp³-hybridized carbons (Fsp3) is 0.462. The number of hydrogen-bond donors (Lipinski definition) is 3. The number of thiazole rings is 1. The van der Waals surface area contributed by atoms with Crippen LogP contribution in [-0.4, -0.2) is 57.7 Å². The van der Waals surface area contributed by atoms with Crippen molar-refractivity contribution in [1.29, 1.82) is 0 Å². The van der Waals surface area contributed by atoms with E-state index in [-0.39, 0.29) is 30.7 Å². The average molecular weight is 512 g/mol. The van der Waals surface area contributed by atoms with Gasteiger partial charge in [-0.05, 0) is 37.0 Å². The van der Waals surface area contributed by atoms with Crippen LogP contribution in [0, 0.1) is 19.8 Å². The van der Waals surface area contributed by atoms with Gasteiger partial charge < -0.3 is 25.2 Å². The maximum absolute atomic E-state index is 13.5. The number of hydrogen-bond acceptors (Lipinski definition) is 8. The van der Waals surface area contributed by atoms with Crippen LogP contribution in [0.15, 0.2) is 34.3 Å². The molecule has 0 bridgehead atoms. The summed E-state index contributed by atoms with van der Waals surface area (Å²) in [7, 11) is 1.84. The molecular formula is C26H33N5O4S. The minimum absolute atomic E-state index is 0.0646. The Balaban J connectivity index is 1.48. The van der Waals surface area contributed by atoms with Crippen molar-refractivity contribution >= 4 is 28.8 Å². The number of amides is 2. The second-order valence-electron chi connectivity index (χ2n) is 9.59. The lowest BCUT2D eigenvalue weighted by molar-refractivity contribution is -0.141. The molecule has 4 rings (SSSR count). The predicted octanol–water partition coefficient (Wildman–Crippen LogP) is 3.47. The van der Waals surface area contributed by atoms with E-state index >= 15 is 0 Å². The highest BCUT2D eigenvalue weighted by atomic mass is 32.1. The number of aliphatic hydroxyl groups is 1. The minimum Gasteiger partial charge on any atom is -0.391 e. The summed E-state index contributed by atoms with van der Waals surface area (Å²) >= 11 is 1.59. The molecule has 3 N–H and O–H groups in total. The van der Waals surface area contributed by atoms with Gasteiger partial charge >= 0.3 is 0 Å². The molecule has 3 aromatic rings. The van der Waals surface area contributed by atoms with Crippen molar-refractivity contribution in [2.24, 2.45) is 5.92 Å². The van der Waals surface area contributed by atoms with E-state index in [1.54, 1.807) is 24.3 Å². The average Bonchev–Trinajstić information content (AvgIpc) is 3.57. The van der Waals surface area contributed by atoms with Gasteiger partial charge in [-0.1, -0.05) is 31.1 Å². The van der Waals surface area contributed by atoms with E-state index in [0.29, 0.717) is 18.0 Å². The summed E-state index contributed by atoms with van der Waals surface area (Å²) < 4.78 is 5.39. The first-order valence-electron chi connectivity index (χ1n) is 12.1. The normalized spacial score (nSPS) is 18.5. The summed E-state index contributed by atoms with van der Waals surface area (Å²) in [6.07, 6.45) is -0.566. The molecule has 1 saturated heterocycles. The smallest absolute Gasteiger partial charge is 0.243 e. The lowest BCUT2D eigenvalue weighted by Crippen LogP contribution is -2.48. The second-order valence-corrected chi connectivity index (χ2v) is 10.4. The van der Waals surface area contributed by atoms with Gasteiger partial charge in [0.15, 0.2) is 0 Å². The molecule has 9 nitrogen and oxygen atoms in total. The molecule has 1 aliphatic heterocycles. The number of rotatable bonds is 8. The Kier molecular flexibility index (Phi) is 7.75. The molecule has 3 atom stereocenters. The first-order valence-corrected chi connectivity index (χ1v) is 13.0. The van der Waals surface area contributed by atoms with Crippen LogP contribution in [0.2, 0.25) is 0 Å². The molecule has 3 heterocycles. The van der Waals surface area contributed by atoms with Crippen molar-refractivity contribution in [2.75, 3.05) is 18.9 Å². The monoisotopic (exact) mass is 511 g/mol. The summed E-state index contributed by atoms with van der Waals surface area (Å²) in [5, 5.41) is 20.4. The molecule has 36 heavy (non-hydrogen) atoms. The standard InChI is InChI=1S/C26H33N5O4S/c1-14(2)23(22-8-15(3)30-35-22)26(34)31-12-19(32)10-21(31)25(33)28-11-18-7-6-17(9-20(18)27-5)24-16(4)29-13-36-24/h6-9,13-14,19,21,23,27,32H,10-12H2,1-5H3,(H,28,33)/t19-,21+,23?/m1/s1. The fourth-order valence-electron chi connectivity index (χ4n) is 4.73. The molecular weight excluding hydrogens is 478 g/mol. The van der Waals surface area contributed by atoms with Crippen LogP contribution in [0.3, 0.4) is 0 Å². The number of nitrogens with one attached hydrogen (secondary N) is 2. The lowest BCUT2D eigenvalue weighted by atomic mass is 9.91. The van der Waals surface area contributed by atoms with Crippen molar-refractivity contribution in [2.45, 2.75) is 58.7 Å².